The van der Waals surface area contributed by atoms with Gasteiger partial charge in [0.05, 0.1) is 16.8 Å². The number of amides is 1. The Labute approximate surface area is 145 Å². The van der Waals surface area contributed by atoms with Crippen LogP contribution in [0.2, 0.25) is 0 Å². The molecule has 0 N–H and O–H groups in total. The van der Waals surface area contributed by atoms with E-state index < -0.39 is 0 Å². The Hall–Kier alpha value is -2.34. The largest absolute Gasteiger partial charge is 0.340 e. The second kappa shape index (κ2) is 7.49. The van der Waals surface area contributed by atoms with Crippen LogP contribution in [0.15, 0.2) is 48.8 Å². The third kappa shape index (κ3) is 3.59. The summed E-state index contributed by atoms with van der Waals surface area (Å²) in [5, 5.41) is 0. The zero-order valence-electron chi connectivity index (χ0n) is 13.8. The van der Waals surface area contributed by atoms with E-state index in [9.17, 15) is 4.79 Å². The maximum absolute atomic E-state index is 12.7. The molecule has 0 saturated carbocycles. The van der Waals surface area contributed by atoms with Gasteiger partial charge < -0.3 is 9.47 Å². The highest BCUT2D eigenvalue weighted by molar-refractivity contribution is 7.97. The molecule has 0 aliphatic carbocycles. The fourth-order valence-corrected chi connectivity index (χ4v) is 3.13. The van der Waals surface area contributed by atoms with Crippen LogP contribution < -0.4 is 0 Å². The van der Waals surface area contributed by atoms with E-state index in [1.54, 1.807) is 29.1 Å². The molecule has 5 nitrogen and oxygen atoms in total. The van der Waals surface area contributed by atoms with Gasteiger partial charge in [0.2, 0.25) is 5.91 Å². The zero-order valence-corrected chi connectivity index (χ0v) is 14.7. The van der Waals surface area contributed by atoms with Crippen molar-refractivity contribution in [1.82, 2.24) is 19.4 Å². The van der Waals surface area contributed by atoms with E-state index in [1.807, 2.05) is 54.3 Å². The SMILES string of the molecule is CSCc1nc2ccccc2n1CC(=O)N(C)Cc1cccnc1. The van der Waals surface area contributed by atoms with E-state index in [4.69, 9.17) is 0 Å². The number of carbonyl (C=O) groups excluding carboxylic acids is 1. The average molecular weight is 340 g/mol. The minimum absolute atomic E-state index is 0.0596. The van der Waals surface area contributed by atoms with Gasteiger partial charge >= 0.3 is 0 Å². The lowest BCUT2D eigenvalue weighted by Gasteiger charge is -2.18. The predicted molar refractivity (Wildman–Crippen MR) is 97.7 cm³/mol. The minimum atomic E-state index is 0.0596. The van der Waals surface area contributed by atoms with Crippen molar-refractivity contribution < 1.29 is 4.79 Å². The van der Waals surface area contributed by atoms with E-state index >= 15 is 0 Å². The Morgan fingerprint density at radius 3 is 2.83 bits per heavy atom. The summed E-state index contributed by atoms with van der Waals surface area (Å²) in [5.41, 5.74) is 2.96. The fourth-order valence-electron chi connectivity index (χ4n) is 2.65. The Kier molecular flexibility index (Phi) is 5.15. The first-order chi connectivity index (χ1) is 11.7. The third-order valence-electron chi connectivity index (χ3n) is 3.87. The van der Waals surface area contributed by atoms with Gasteiger partial charge in [-0.3, -0.25) is 9.78 Å². The maximum atomic E-state index is 12.7. The highest BCUT2D eigenvalue weighted by Gasteiger charge is 2.16. The van der Waals surface area contributed by atoms with Crippen LogP contribution in [-0.4, -0.2) is 38.6 Å². The molecule has 0 radical (unpaired) electrons. The summed E-state index contributed by atoms with van der Waals surface area (Å²) in [6.45, 7) is 0.852. The molecule has 0 aliphatic heterocycles. The van der Waals surface area contributed by atoms with Crippen LogP contribution in [0, 0.1) is 0 Å². The zero-order chi connectivity index (χ0) is 16.9. The number of aromatic nitrogens is 3. The van der Waals surface area contributed by atoms with Gasteiger partial charge in [0, 0.05) is 26.0 Å². The molecule has 3 rings (SSSR count). The summed E-state index contributed by atoms with van der Waals surface area (Å²) < 4.78 is 2.02. The summed E-state index contributed by atoms with van der Waals surface area (Å²) in [4.78, 5) is 23.2. The number of fused-ring (bicyclic) bond motifs is 1. The molecule has 0 atom stereocenters. The van der Waals surface area contributed by atoms with Gasteiger partial charge in [-0.15, -0.1) is 0 Å². The van der Waals surface area contributed by atoms with Crippen LogP contribution in [0.5, 0.6) is 0 Å². The van der Waals surface area contributed by atoms with E-state index in [0.29, 0.717) is 13.1 Å². The standard InChI is InChI=1S/C18H20N4OS/c1-21(11-14-6-5-9-19-10-14)18(23)12-22-16-8-4-3-7-15(16)20-17(22)13-24-2/h3-10H,11-13H2,1-2H3. The number of hydrogen-bond donors (Lipinski definition) is 0. The molecule has 2 heterocycles. The summed E-state index contributed by atoms with van der Waals surface area (Å²) in [7, 11) is 1.82. The molecule has 6 heteroatoms. The van der Waals surface area contributed by atoms with Gasteiger partial charge in [0.1, 0.15) is 12.4 Å². The number of pyridine rings is 1. The van der Waals surface area contributed by atoms with Gasteiger partial charge in [0.25, 0.3) is 0 Å². The Balaban J connectivity index is 1.80. The molecular formula is C18H20N4OS. The lowest BCUT2D eigenvalue weighted by molar-refractivity contribution is -0.131. The first-order valence-electron chi connectivity index (χ1n) is 7.75. The monoisotopic (exact) mass is 340 g/mol. The van der Waals surface area contributed by atoms with Crippen LogP contribution in [0.4, 0.5) is 0 Å². The van der Waals surface area contributed by atoms with Crippen molar-refractivity contribution in [2.45, 2.75) is 18.8 Å². The van der Waals surface area contributed by atoms with Gasteiger partial charge in [-0.2, -0.15) is 11.8 Å². The van der Waals surface area contributed by atoms with Gasteiger partial charge in [-0.1, -0.05) is 18.2 Å². The molecular weight excluding hydrogens is 320 g/mol. The molecule has 0 spiro atoms. The van der Waals surface area contributed by atoms with E-state index in [0.717, 1.165) is 28.2 Å². The van der Waals surface area contributed by atoms with Crippen molar-refractivity contribution in [1.29, 1.82) is 0 Å². The Morgan fingerprint density at radius 2 is 2.08 bits per heavy atom. The molecule has 0 saturated heterocycles. The van der Waals surface area contributed by atoms with Crippen LogP contribution in [0.1, 0.15) is 11.4 Å². The molecule has 1 aromatic carbocycles. The second-order valence-electron chi connectivity index (χ2n) is 5.65. The first-order valence-corrected chi connectivity index (χ1v) is 9.14. The molecule has 0 fully saturated rings. The summed E-state index contributed by atoms with van der Waals surface area (Å²) >= 11 is 1.71. The van der Waals surface area contributed by atoms with Crippen molar-refractivity contribution >= 4 is 28.7 Å². The summed E-state index contributed by atoms with van der Waals surface area (Å²) in [5.74, 6) is 1.78. The van der Waals surface area contributed by atoms with Crippen molar-refractivity contribution in [3.05, 3.63) is 60.2 Å². The van der Waals surface area contributed by atoms with Crippen molar-refractivity contribution in [3.63, 3.8) is 0 Å². The summed E-state index contributed by atoms with van der Waals surface area (Å²) in [6.07, 6.45) is 5.56. The molecule has 0 aliphatic rings. The van der Waals surface area contributed by atoms with Crippen molar-refractivity contribution in [3.8, 4) is 0 Å². The highest BCUT2D eigenvalue weighted by atomic mass is 32.2. The first kappa shape index (κ1) is 16.5. The van der Waals surface area contributed by atoms with E-state index in [-0.39, 0.29) is 5.91 Å². The molecule has 2 aromatic heterocycles. The minimum Gasteiger partial charge on any atom is -0.340 e. The molecule has 3 aromatic rings. The molecule has 1 amide bonds. The van der Waals surface area contributed by atoms with Gasteiger partial charge in [-0.25, -0.2) is 4.98 Å². The molecule has 0 bridgehead atoms. The lowest BCUT2D eigenvalue weighted by Crippen LogP contribution is -2.30. The van der Waals surface area contributed by atoms with Crippen molar-refractivity contribution in [2.24, 2.45) is 0 Å². The van der Waals surface area contributed by atoms with Crippen LogP contribution in [0.25, 0.3) is 11.0 Å². The molecule has 0 unspecified atom stereocenters. The fraction of sp³-hybridized carbons (Fsp3) is 0.278. The Morgan fingerprint density at radius 1 is 1.25 bits per heavy atom. The topological polar surface area (TPSA) is 51.0 Å². The number of para-hydroxylation sites is 2. The average Bonchev–Trinajstić information content (AvgIpc) is 2.94. The highest BCUT2D eigenvalue weighted by Crippen LogP contribution is 2.19. The number of imidazole rings is 1. The summed E-state index contributed by atoms with van der Waals surface area (Å²) in [6, 6.07) is 11.8. The predicted octanol–water partition coefficient (Wildman–Crippen LogP) is 2.95. The molecule has 124 valence electrons. The number of nitrogens with zero attached hydrogens (tertiary/aromatic N) is 4. The smallest absolute Gasteiger partial charge is 0.242 e. The lowest BCUT2D eigenvalue weighted by atomic mass is 10.2. The quantitative estimate of drug-likeness (QED) is 0.692. The Bertz CT molecular complexity index is 831. The third-order valence-corrected chi connectivity index (χ3v) is 4.42. The normalized spacial score (nSPS) is 10.9. The number of hydrogen-bond acceptors (Lipinski definition) is 4. The van der Waals surface area contributed by atoms with E-state index in [1.165, 1.54) is 0 Å². The van der Waals surface area contributed by atoms with Gasteiger partial charge in [0.15, 0.2) is 0 Å². The van der Waals surface area contributed by atoms with Crippen molar-refractivity contribution in [2.75, 3.05) is 13.3 Å². The number of likely N-dealkylation sites (N-methyl/N-ethyl adjacent to an activating group) is 1. The molecule has 24 heavy (non-hydrogen) atoms. The van der Waals surface area contributed by atoms with Gasteiger partial charge in [-0.05, 0) is 30.0 Å². The number of thioether (sulfide) groups is 1. The second-order valence-corrected chi connectivity index (χ2v) is 6.51. The van der Waals surface area contributed by atoms with E-state index in [2.05, 4.69) is 9.97 Å². The number of rotatable bonds is 6. The van der Waals surface area contributed by atoms with Crippen LogP contribution in [-0.2, 0) is 23.6 Å². The maximum Gasteiger partial charge on any atom is 0.242 e. The number of benzene rings is 1. The van der Waals surface area contributed by atoms with Crippen LogP contribution in [0.3, 0.4) is 0 Å². The number of carbonyl (C=O) groups is 1. The van der Waals surface area contributed by atoms with Crippen LogP contribution >= 0.6 is 11.8 Å².